The van der Waals surface area contributed by atoms with Crippen molar-refractivity contribution >= 4 is 17.8 Å². The van der Waals surface area contributed by atoms with Gasteiger partial charge in [-0.1, -0.05) is 18.2 Å². The Hall–Kier alpha value is -2.82. The first-order valence-corrected chi connectivity index (χ1v) is 5.98. The molecule has 0 atom stereocenters. The summed E-state index contributed by atoms with van der Waals surface area (Å²) in [5.74, 6) is -3.61. The molecular formula is C16H10F2O3. The van der Waals surface area contributed by atoms with Gasteiger partial charge in [0.25, 0.3) is 0 Å². The van der Waals surface area contributed by atoms with E-state index in [2.05, 4.69) is 0 Å². The Balaban J connectivity index is 2.14. The predicted molar refractivity (Wildman–Crippen MR) is 73.1 cm³/mol. The van der Waals surface area contributed by atoms with E-state index in [1.807, 2.05) is 0 Å². The Morgan fingerprint density at radius 2 is 1.52 bits per heavy atom. The molecule has 0 radical (unpaired) electrons. The van der Waals surface area contributed by atoms with Gasteiger partial charge in [0.2, 0.25) is 0 Å². The van der Waals surface area contributed by atoms with Crippen molar-refractivity contribution in [2.75, 3.05) is 0 Å². The van der Waals surface area contributed by atoms with Gasteiger partial charge in [-0.2, -0.15) is 0 Å². The normalized spacial score (nSPS) is 10.8. The maximum atomic E-state index is 13.0. The van der Waals surface area contributed by atoms with Crippen molar-refractivity contribution < 1.29 is 23.5 Å². The lowest BCUT2D eigenvalue weighted by Crippen LogP contribution is -1.97. The van der Waals surface area contributed by atoms with Crippen LogP contribution in [0.4, 0.5) is 8.78 Å². The minimum Gasteiger partial charge on any atom is -0.478 e. The SMILES string of the molecule is O=C(O)c1ccc(C=CC(=O)c2ccc(F)c(F)c2)cc1. The van der Waals surface area contributed by atoms with Gasteiger partial charge in [0.05, 0.1) is 5.56 Å². The standard InChI is InChI=1S/C16H10F2O3/c17-13-7-6-12(9-14(13)18)15(19)8-3-10-1-4-11(5-2-10)16(20)21/h1-9H,(H,20,21). The first-order valence-electron chi connectivity index (χ1n) is 5.98. The molecule has 0 aliphatic carbocycles. The van der Waals surface area contributed by atoms with E-state index in [0.717, 1.165) is 12.1 Å². The van der Waals surface area contributed by atoms with Crippen molar-refractivity contribution in [2.24, 2.45) is 0 Å². The number of carboxylic acid groups (broad SMARTS) is 1. The number of rotatable bonds is 4. The summed E-state index contributed by atoms with van der Waals surface area (Å²) in [5.41, 5.74) is 0.794. The highest BCUT2D eigenvalue weighted by Gasteiger charge is 2.07. The van der Waals surface area contributed by atoms with Gasteiger partial charge in [-0.15, -0.1) is 0 Å². The highest BCUT2D eigenvalue weighted by atomic mass is 19.2. The number of halogens is 2. The third-order valence-electron chi connectivity index (χ3n) is 2.79. The molecule has 1 N–H and O–H groups in total. The lowest BCUT2D eigenvalue weighted by Gasteiger charge is -1.98. The molecule has 2 aromatic rings. The van der Waals surface area contributed by atoms with Gasteiger partial charge in [0, 0.05) is 5.56 Å². The molecule has 106 valence electrons. The van der Waals surface area contributed by atoms with Crippen LogP contribution in [-0.2, 0) is 0 Å². The zero-order valence-corrected chi connectivity index (χ0v) is 10.7. The number of carbonyl (C=O) groups excluding carboxylic acids is 1. The highest BCUT2D eigenvalue weighted by Crippen LogP contribution is 2.11. The van der Waals surface area contributed by atoms with Crippen LogP contribution in [0.1, 0.15) is 26.3 Å². The molecule has 0 spiro atoms. The average Bonchev–Trinajstić information content (AvgIpc) is 2.48. The van der Waals surface area contributed by atoms with Crippen LogP contribution in [0, 0.1) is 11.6 Å². The van der Waals surface area contributed by atoms with Crippen molar-refractivity contribution in [3.63, 3.8) is 0 Å². The second-order valence-corrected chi connectivity index (χ2v) is 4.25. The molecule has 0 unspecified atom stereocenters. The summed E-state index contributed by atoms with van der Waals surface area (Å²) < 4.78 is 25.8. The van der Waals surface area contributed by atoms with E-state index in [1.165, 1.54) is 30.4 Å². The van der Waals surface area contributed by atoms with Gasteiger partial charge >= 0.3 is 5.97 Å². The Morgan fingerprint density at radius 1 is 0.905 bits per heavy atom. The number of ketones is 1. The smallest absolute Gasteiger partial charge is 0.335 e. The Bertz CT molecular complexity index is 719. The molecule has 2 aromatic carbocycles. The fourth-order valence-electron chi connectivity index (χ4n) is 1.65. The van der Waals surface area contributed by atoms with Gasteiger partial charge in [0.15, 0.2) is 17.4 Å². The van der Waals surface area contributed by atoms with E-state index in [4.69, 9.17) is 5.11 Å². The van der Waals surface area contributed by atoms with Crippen LogP contribution in [0.3, 0.4) is 0 Å². The topological polar surface area (TPSA) is 54.4 Å². The van der Waals surface area contributed by atoms with Gasteiger partial charge in [-0.3, -0.25) is 4.79 Å². The molecule has 21 heavy (non-hydrogen) atoms. The Labute approximate surface area is 119 Å². The van der Waals surface area contributed by atoms with Crippen molar-refractivity contribution in [3.8, 4) is 0 Å². The number of carboxylic acids is 1. The molecule has 0 heterocycles. The summed E-state index contributed by atoms with van der Waals surface area (Å²) >= 11 is 0. The number of benzene rings is 2. The summed E-state index contributed by atoms with van der Waals surface area (Å²) in [4.78, 5) is 22.5. The molecule has 0 aromatic heterocycles. The lowest BCUT2D eigenvalue weighted by molar-refractivity contribution is 0.0696. The first kappa shape index (κ1) is 14.6. The molecule has 0 aliphatic rings. The average molecular weight is 288 g/mol. The molecule has 0 fully saturated rings. The highest BCUT2D eigenvalue weighted by molar-refractivity contribution is 6.06. The van der Waals surface area contributed by atoms with E-state index in [-0.39, 0.29) is 11.1 Å². The monoisotopic (exact) mass is 288 g/mol. The summed E-state index contributed by atoms with van der Waals surface area (Å²) in [5, 5.41) is 8.75. The van der Waals surface area contributed by atoms with E-state index < -0.39 is 23.4 Å². The van der Waals surface area contributed by atoms with E-state index >= 15 is 0 Å². The molecule has 0 amide bonds. The third-order valence-corrected chi connectivity index (χ3v) is 2.79. The zero-order valence-electron chi connectivity index (χ0n) is 10.7. The van der Waals surface area contributed by atoms with Crippen molar-refractivity contribution in [2.45, 2.75) is 0 Å². The second-order valence-electron chi connectivity index (χ2n) is 4.25. The Kier molecular flexibility index (Phi) is 4.23. The maximum absolute atomic E-state index is 13.0. The molecule has 0 aliphatic heterocycles. The van der Waals surface area contributed by atoms with Crippen LogP contribution < -0.4 is 0 Å². The fourth-order valence-corrected chi connectivity index (χ4v) is 1.65. The van der Waals surface area contributed by atoms with E-state index in [1.54, 1.807) is 12.1 Å². The van der Waals surface area contributed by atoms with Crippen molar-refractivity contribution in [3.05, 3.63) is 76.9 Å². The summed E-state index contributed by atoms with van der Waals surface area (Å²) in [7, 11) is 0. The molecule has 2 rings (SSSR count). The first-order chi connectivity index (χ1) is 9.97. The summed E-state index contributed by atoms with van der Waals surface area (Å²) in [6, 6.07) is 8.80. The quantitative estimate of drug-likeness (QED) is 0.691. The third kappa shape index (κ3) is 3.60. The molecule has 3 nitrogen and oxygen atoms in total. The molecule has 0 bridgehead atoms. The minimum absolute atomic E-state index is 0.0345. The van der Waals surface area contributed by atoms with Crippen molar-refractivity contribution in [1.29, 1.82) is 0 Å². The predicted octanol–water partition coefficient (Wildman–Crippen LogP) is 3.56. The van der Waals surface area contributed by atoms with Gasteiger partial charge in [0.1, 0.15) is 0 Å². The van der Waals surface area contributed by atoms with Crippen LogP contribution in [0.15, 0.2) is 48.5 Å². The molecule has 0 saturated heterocycles. The number of aromatic carboxylic acids is 1. The second kappa shape index (κ2) is 6.09. The van der Waals surface area contributed by atoms with E-state index in [9.17, 15) is 18.4 Å². The molecular weight excluding hydrogens is 278 g/mol. The van der Waals surface area contributed by atoms with Crippen LogP contribution >= 0.6 is 0 Å². The van der Waals surface area contributed by atoms with Gasteiger partial charge in [-0.25, -0.2) is 13.6 Å². The Morgan fingerprint density at radius 3 is 2.10 bits per heavy atom. The number of allylic oxidation sites excluding steroid dienone is 1. The van der Waals surface area contributed by atoms with E-state index in [0.29, 0.717) is 5.56 Å². The minimum atomic E-state index is -1.08. The molecule has 5 heteroatoms. The summed E-state index contributed by atoms with van der Waals surface area (Å²) in [6.07, 6.45) is 2.68. The number of hydrogen-bond donors (Lipinski definition) is 1. The lowest BCUT2D eigenvalue weighted by atomic mass is 10.1. The maximum Gasteiger partial charge on any atom is 0.335 e. The van der Waals surface area contributed by atoms with Gasteiger partial charge in [-0.05, 0) is 42.0 Å². The summed E-state index contributed by atoms with van der Waals surface area (Å²) in [6.45, 7) is 0. The van der Waals surface area contributed by atoms with Crippen LogP contribution in [0.25, 0.3) is 6.08 Å². The van der Waals surface area contributed by atoms with Crippen molar-refractivity contribution in [1.82, 2.24) is 0 Å². The van der Waals surface area contributed by atoms with Crippen LogP contribution in [0.2, 0.25) is 0 Å². The number of carbonyl (C=O) groups is 2. The van der Waals surface area contributed by atoms with Crippen LogP contribution in [-0.4, -0.2) is 16.9 Å². The largest absolute Gasteiger partial charge is 0.478 e. The zero-order chi connectivity index (χ0) is 15.4. The number of hydrogen-bond acceptors (Lipinski definition) is 2. The fraction of sp³-hybridized carbons (Fsp3) is 0. The molecule has 0 saturated carbocycles. The van der Waals surface area contributed by atoms with Gasteiger partial charge < -0.3 is 5.11 Å². The van der Waals surface area contributed by atoms with Crippen LogP contribution in [0.5, 0.6) is 0 Å².